The molecule has 3 aromatic heterocycles. The Morgan fingerprint density at radius 3 is 2.76 bits per heavy atom. The fourth-order valence-corrected chi connectivity index (χ4v) is 4.11. The molecule has 1 aliphatic carbocycles. The number of amides is 1. The first kappa shape index (κ1) is 17.7. The van der Waals surface area contributed by atoms with Gasteiger partial charge < -0.3 is 9.80 Å². The largest absolute Gasteiger partial charge is 0.342 e. The van der Waals surface area contributed by atoms with Crippen LogP contribution >= 0.6 is 0 Å². The summed E-state index contributed by atoms with van der Waals surface area (Å²) < 4.78 is 15.4. The van der Waals surface area contributed by atoms with E-state index >= 15 is 0 Å². The Hall–Kier alpha value is -3.36. The smallest absolute Gasteiger partial charge is 0.246 e. The summed E-state index contributed by atoms with van der Waals surface area (Å²) in [4.78, 5) is 33.7. The molecular weight excluding hydrogens is 373 g/mol. The molecule has 0 unspecified atom stereocenters. The molecule has 2 aliphatic rings. The predicted octanol–water partition coefficient (Wildman–Crippen LogP) is 2.59. The Morgan fingerprint density at radius 1 is 1.14 bits per heavy atom. The van der Waals surface area contributed by atoms with Crippen molar-refractivity contribution in [3.8, 4) is 17.3 Å². The monoisotopic (exact) mass is 393 g/mol. The zero-order chi connectivity index (χ0) is 20.0. The van der Waals surface area contributed by atoms with Gasteiger partial charge in [-0.3, -0.25) is 14.3 Å². The summed E-state index contributed by atoms with van der Waals surface area (Å²) in [5.41, 5.74) is 1.24. The Labute approximate surface area is 167 Å². The van der Waals surface area contributed by atoms with Gasteiger partial charge in [0.15, 0.2) is 5.82 Å². The molecular formula is C20H20FN7O. The number of hydrogen-bond acceptors (Lipinski definition) is 6. The maximum atomic E-state index is 13.6. The molecule has 5 rings (SSSR count). The average Bonchev–Trinajstić information content (AvgIpc) is 3.42. The maximum absolute atomic E-state index is 13.6. The molecule has 1 aliphatic heterocycles. The van der Waals surface area contributed by atoms with Crippen LogP contribution in [-0.2, 0) is 4.79 Å². The van der Waals surface area contributed by atoms with Crippen molar-refractivity contribution in [3.63, 3.8) is 0 Å². The van der Waals surface area contributed by atoms with E-state index in [-0.39, 0.29) is 5.91 Å². The van der Waals surface area contributed by atoms with Crippen LogP contribution in [-0.4, -0.2) is 50.0 Å². The van der Waals surface area contributed by atoms with Crippen LogP contribution in [0.5, 0.6) is 0 Å². The van der Waals surface area contributed by atoms with Crippen molar-refractivity contribution in [3.05, 3.63) is 42.9 Å². The van der Waals surface area contributed by atoms with Crippen molar-refractivity contribution in [1.29, 1.82) is 0 Å². The summed E-state index contributed by atoms with van der Waals surface area (Å²) in [6.45, 7) is 0.315. The number of aromatic nitrogens is 5. The molecule has 0 aromatic carbocycles. The highest BCUT2D eigenvalue weighted by molar-refractivity contribution is 6.01. The Balaban J connectivity index is 1.60. The van der Waals surface area contributed by atoms with Crippen LogP contribution in [0, 0.1) is 5.82 Å². The minimum Gasteiger partial charge on any atom is -0.342 e. The zero-order valence-electron chi connectivity index (χ0n) is 16.0. The molecule has 1 saturated carbocycles. The molecule has 1 amide bonds. The number of carbonyl (C=O) groups is 1. The summed E-state index contributed by atoms with van der Waals surface area (Å²) in [5, 5.41) is 0. The zero-order valence-corrected chi connectivity index (χ0v) is 16.0. The third kappa shape index (κ3) is 3.02. The van der Waals surface area contributed by atoms with Crippen LogP contribution in [0.3, 0.4) is 0 Å². The Morgan fingerprint density at radius 2 is 1.97 bits per heavy atom. The highest BCUT2D eigenvalue weighted by atomic mass is 19.1. The Kier molecular flexibility index (Phi) is 4.22. The predicted molar refractivity (Wildman–Crippen MR) is 105 cm³/mol. The van der Waals surface area contributed by atoms with Crippen molar-refractivity contribution in [1.82, 2.24) is 24.5 Å². The van der Waals surface area contributed by atoms with E-state index < -0.39 is 5.82 Å². The van der Waals surface area contributed by atoms with E-state index in [9.17, 15) is 9.18 Å². The summed E-state index contributed by atoms with van der Waals surface area (Å²) >= 11 is 0. The molecule has 4 heterocycles. The lowest BCUT2D eigenvalue weighted by molar-refractivity contribution is -0.117. The molecule has 0 spiro atoms. The summed E-state index contributed by atoms with van der Waals surface area (Å²) in [7, 11) is 1.75. The van der Waals surface area contributed by atoms with Gasteiger partial charge in [0, 0.05) is 37.2 Å². The lowest BCUT2D eigenvalue weighted by Crippen LogP contribution is -2.48. The molecule has 0 atom stereocenters. The van der Waals surface area contributed by atoms with E-state index in [4.69, 9.17) is 4.98 Å². The van der Waals surface area contributed by atoms with Crippen molar-refractivity contribution in [2.24, 2.45) is 0 Å². The van der Waals surface area contributed by atoms with Crippen LogP contribution in [0.4, 0.5) is 15.9 Å². The van der Waals surface area contributed by atoms with E-state index in [1.54, 1.807) is 41.3 Å². The van der Waals surface area contributed by atoms with Gasteiger partial charge in [-0.15, -0.1) is 0 Å². The van der Waals surface area contributed by atoms with Crippen LogP contribution in [0.2, 0.25) is 0 Å². The molecule has 0 saturated heterocycles. The fraction of sp³-hybridized carbons (Fsp3) is 0.350. The van der Waals surface area contributed by atoms with Crippen LogP contribution in [0.25, 0.3) is 17.3 Å². The van der Waals surface area contributed by atoms with Crippen molar-refractivity contribution in [2.75, 3.05) is 23.4 Å². The number of carbonyl (C=O) groups excluding carboxylic acids is 1. The second-order valence-electron chi connectivity index (χ2n) is 7.41. The van der Waals surface area contributed by atoms with Gasteiger partial charge in [-0.25, -0.2) is 14.4 Å². The van der Waals surface area contributed by atoms with E-state index in [0.717, 1.165) is 37.7 Å². The van der Waals surface area contributed by atoms with Crippen LogP contribution in [0.1, 0.15) is 25.7 Å². The van der Waals surface area contributed by atoms with Gasteiger partial charge in [0.2, 0.25) is 11.9 Å². The quantitative estimate of drug-likeness (QED) is 0.681. The van der Waals surface area contributed by atoms with Crippen molar-refractivity contribution in [2.45, 2.75) is 31.7 Å². The number of anilines is 2. The number of pyridine rings is 1. The van der Waals surface area contributed by atoms with Gasteiger partial charge in [-0.05, 0) is 18.9 Å². The van der Waals surface area contributed by atoms with Crippen molar-refractivity contribution < 1.29 is 9.18 Å². The molecule has 3 aromatic rings. The Bertz CT molecular complexity index is 1080. The third-order valence-corrected chi connectivity index (χ3v) is 5.64. The first-order valence-electron chi connectivity index (χ1n) is 9.66. The van der Waals surface area contributed by atoms with Gasteiger partial charge in [-0.2, -0.15) is 4.98 Å². The molecule has 8 nitrogen and oxygen atoms in total. The van der Waals surface area contributed by atoms with E-state index in [2.05, 4.69) is 19.9 Å². The first-order valence-corrected chi connectivity index (χ1v) is 9.66. The third-order valence-electron chi connectivity index (χ3n) is 5.64. The number of likely N-dealkylation sites (N-methyl/N-ethyl adjacent to an activating group) is 1. The van der Waals surface area contributed by atoms with Gasteiger partial charge in [-0.1, -0.05) is 12.8 Å². The second-order valence-corrected chi connectivity index (χ2v) is 7.41. The van der Waals surface area contributed by atoms with Gasteiger partial charge >= 0.3 is 0 Å². The number of nitrogens with zero attached hydrogens (tertiary/aromatic N) is 7. The van der Waals surface area contributed by atoms with E-state index in [1.807, 2.05) is 0 Å². The number of imidazole rings is 1. The van der Waals surface area contributed by atoms with Gasteiger partial charge in [0.05, 0.1) is 18.9 Å². The van der Waals surface area contributed by atoms with Gasteiger partial charge in [0.25, 0.3) is 0 Å². The SMILES string of the molecule is CN1C(=O)CN(C2CCCC2)c2nc(-n3ccnc3-c3cncc(F)c3)ncc21. The topological polar surface area (TPSA) is 80.0 Å². The van der Waals surface area contributed by atoms with Crippen LogP contribution in [0.15, 0.2) is 37.1 Å². The molecule has 0 bridgehead atoms. The van der Waals surface area contributed by atoms with Crippen molar-refractivity contribution >= 4 is 17.4 Å². The number of hydrogen-bond donors (Lipinski definition) is 0. The van der Waals surface area contributed by atoms with Gasteiger partial charge in [0.1, 0.15) is 17.3 Å². The number of rotatable bonds is 3. The first-order chi connectivity index (χ1) is 14.1. The molecule has 1 fully saturated rings. The number of fused-ring (bicyclic) bond motifs is 1. The maximum Gasteiger partial charge on any atom is 0.246 e. The lowest BCUT2D eigenvalue weighted by atomic mass is 10.1. The standard InChI is InChI=1S/C20H20FN7O/c1-26-16-11-24-20(25-19(16)28(12-17(26)29)15-4-2-3-5-15)27-7-6-23-18(27)13-8-14(21)10-22-9-13/h6-11,15H,2-5,12H2,1H3. The summed E-state index contributed by atoms with van der Waals surface area (Å²) in [6, 6.07) is 1.69. The second kappa shape index (κ2) is 6.91. The minimum atomic E-state index is -0.434. The molecule has 29 heavy (non-hydrogen) atoms. The highest BCUT2D eigenvalue weighted by Gasteiger charge is 2.34. The lowest BCUT2D eigenvalue weighted by Gasteiger charge is -2.37. The summed E-state index contributed by atoms with van der Waals surface area (Å²) in [5.74, 6) is 1.28. The average molecular weight is 393 g/mol. The fourth-order valence-electron chi connectivity index (χ4n) is 4.11. The summed E-state index contributed by atoms with van der Waals surface area (Å²) in [6.07, 6.45) is 12.2. The normalized spacial score (nSPS) is 17.1. The molecule has 9 heteroatoms. The van der Waals surface area contributed by atoms with E-state index in [1.165, 1.54) is 6.07 Å². The molecule has 0 radical (unpaired) electrons. The van der Waals surface area contributed by atoms with Crippen LogP contribution < -0.4 is 9.80 Å². The molecule has 148 valence electrons. The minimum absolute atomic E-state index is 0.0369. The molecule has 0 N–H and O–H groups in total. The van der Waals surface area contributed by atoms with E-state index in [0.29, 0.717) is 35.6 Å². The highest BCUT2D eigenvalue weighted by Crippen LogP contribution is 2.36. The number of halogens is 1.